The second-order valence-corrected chi connectivity index (χ2v) is 7.99. The van der Waals surface area contributed by atoms with Crippen LogP contribution >= 0.6 is 0 Å². The molecule has 0 aliphatic carbocycles. The van der Waals surface area contributed by atoms with Crippen LogP contribution in [-0.4, -0.2) is 43.4 Å². The van der Waals surface area contributed by atoms with Gasteiger partial charge in [-0.1, -0.05) is 26.8 Å². The van der Waals surface area contributed by atoms with Gasteiger partial charge in [0.25, 0.3) is 0 Å². The predicted octanol–water partition coefficient (Wildman–Crippen LogP) is 3.51. The lowest BCUT2D eigenvalue weighted by atomic mass is 9.95. The van der Waals surface area contributed by atoms with E-state index in [9.17, 15) is 4.39 Å². The minimum Gasteiger partial charge on any atom is -0.378 e. The van der Waals surface area contributed by atoms with E-state index in [-0.39, 0.29) is 11.2 Å². The van der Waals surface area contributed by atoms with E-state index in [4.69, 9.17) is 9.47 Å². The Kier molecular flexibility index (Phi) is 6.46. The first-order valence-corrected chi connectivity index (χ1v) is 9.59. The smallest absolute Gasteiger partial charge is 0.146 e. The van der Waals surface area contributed by atoms with Gasteiger partial charge in [-0.15, -0.1) is 0 Å². The largest absolute Gasteiger partial charge is 0.378 e. The molecule has 152 valence electrons. The first kappa shape index (κ1) is 20.5. The monoisotopic (exact) mass is 388 g/mol. The maximum Gasteiger partial charge on any atom is 0.146 e. The standard InChI is InChI=1S/C21H29FN4O2/c1-21(2,3)20-24-16(14-27-4)12-19(25-20)23-13-15-5-6-18(17(22)11-15)26-7-9-28-10-8-26/h5-6,11-12H,7-10,13-14H2,1-4H3,(H,23,24,25). The molecule has 3 rings (SSSR count). The third kappa shape index (κ3) is 5.17. The van der Waals surface area contributed by atoms with Gasteiger partial charge < -0.3 is 19.7 Å². The molecule has 28 heavy (non-hydrogen) atoms. The number of hydrogen-bond donors (Lipinski definition) is 1. The molecule has 1 fully saturated rings. The van der Waals surface area contributed by atoms with Gasteiger partial charge in [0.05, 0.1) is 31.2 Å². The van der Waals surface area contributed by atoms with E-state index in [1.165, 1.54) is 0 Å². The fraction of sp³-hybridized carbons (Fsp3) is 0.524. The molecule has 0 unspecified atom stereocenters. The second kappa shape index (κ2) is 8.84. The number of morpholine rings is 1. The van der Waals surface area contributed by atoms with Gasteiger partial charge in [-0.3, -0.25) is 0 Å². The first-order valence-electron chi connectivity index (χ1n) is 9.59. The highest BCUT2D eigenvalue weighted by Crippen LogP contribution is 2.23. The van der Waals surface area contributed by atoms with Crippen LogP contribution in [0.25, 0.3) is 0 Å². The van der Waals surface area contributed by atoms with Gasteiger partial charge in [0, 0.05) is 38.2 Å². The van der Waals surface area contributed by atoms with Crippen molar-refractivity contribution in [1.29, 1.82) is 0 Å². The summed E-state index contributed by atoms with van der Waals surface area (Å²) in [6, 6.07) is 7.24. The van der Waals surface area contributed by atoms with Crippen molar-refractivity contribution in [2.24, 2.45) is 0 Å². The quantitative estimate of drug-likeness (QED) is 0.817. The lowest BCUT2D eigenvalue weighted by Gasteiger charge is -2.29. The van der Waals surface area contributed by atoms with E-state index >= 15 is 0 Å². The third-order valence-electron chi connectivity index (χ3n) is 4.58. The molecule has 7 heteroatoms. The number of hydrogen-bond acceptors (Lipinski definition) is 6. The third-order valence-corrected chi connectivity index (χ3v) is 4.58. The molecule has 1 N–H and O–H groups in total. The second-order valence-electron chi connectivity index (χ2n) is 7.99. The van der Waals surface area contributed by atoms with Gasteiger partial charge in [0.15, 0.2) is 0 Å². The van der Waals surface area contributed by atoms with Crippen molar-refractivity contribution < 1.29 is 13.9 Å². The summed E-state index contributed by atoms with van der Waals surface area (Å²) in [5.74, 6) is 1.25. The summed E-state index contributed by atoms with van der Waals surface area (Å²) in [4.78, 5) is 11.2. The number of benzene rings is 1. The zero-order valence-electron chi connectivity index (χ0n) is 17.1. The lowest BCUT2D eigenvalue weighted by molar-refractivity contribution is 0.122. The van der Waals surface area contributed by atoms with Crippen molar-refractivity contribution in [3.8, 4) is 0 Å². The number of anilines is 2. The van der Waals surface area contributed by atoms with Gasteiger partial charge >= 0.3 is 0 Å². The first-order chi connectivity index (χ1) is 13.4. The van der Waals surface area contributed by atoms with Crippen LogP contribution in [0.2, 0.25) is 0 Å². The van der Waals surface area contributed by atoms with Crippen LogP contribution in [0.5, 0.6) is 0 Å². The number of halogens is 1. The highest BCUT2D eigenvalue weighted by molar-refractivity contribution is 5.50. The van der Waals surface area contributed by atoms with Gasteiger partial charge in [-0.25, -0.2) is 14.4 Å². The fourth-order valence-corrected chi connectivity index (χ4v) is 3.06. The minimum atomic E-state index is -0.209. The Morgan fingerprint density at radius 1 is 1.18 bits per heavy atom. The van der Waals surface area contributed by atoms with E-state index in [1.807, 2.05) is 23.1 Å². The van der Waals surface area contributed by atoms with Crippen LogP contribution < -0.4 is 10.2 Å². The molecule has 1 aromatic heterocycles. The van der Waals surface area contributed by atoms with Gasteiger partial charge in [0.2, 0.25) is 0 Å². The molecule has 0 atom stereocenters. The summed E-state index contributed by atoms with van der Waals surface area (Å²) in [6.45, 7) is 9.82. The highest BCUT2D eigenvalue weighted by atomic mass is 19.1. The molecule has 6 nitrogen and oxygen atoms in total. The van der Waals surface area contributed by atoms with Crippen LogP contribution in [-0.2, 0) is 28.0 Å². The Bertz CT molecular complexity index is 801. The number of nitrogens with zero attached hydrogens (tertiary/aromatic N) is 3. The van der Waals surface area contributed by atoms with Gasteiger partial charge in [0.1, 0.15) is 17.5 Å². The molecule has 0 radical (unpaired) electrons. The van der Waals surface area contributed by atoms with Gasteiger partial charge in [-0.2, -0.15) is 0 Å². The molecule has 0 saturated carbocycles. The molecule has 0 bridgehead atoms. The molecule has 2 aromatic rings. The number of nitrogens with one attached hydrogen (secondary N) is 1. The molecule has 1 aliphatic rings. The van der Waals surface area contributed by atoms with E-state index in [2.05, 4.69) is 36.1 Å². The lowest BCUT2D eigenvalue weighted by Crippen LogP contribution is -2.36. The molecule has 1 aromatic carbocycles. The van der Waals surface area contributed by atoms with Crippen LogP contribution in [0, 0.1) is 5.82 Å². The topological polar surface area (TPSA) is 59.5 Å². The van der Waals surface area contributed by atoms with E-state index < -0.39 is 0 Å². The van der Waals surface area contributed by atoms with Crippen molar-refractivity contribution in [2.75, 3.05) is 43.6 Å². The summed E-state index contributed by atoms with van der Waals surface area (Å²) < 4.78 is 25.1. The fourth-order valence-electron chi connectivity index (χ4n) is 3.06. The van der Waals surface area contributed by atoms with Crippen molar-refractivity contribution >= 4 is 11.5 Å². The Morgan fingerprint density at radius 3 is 2.57 bits per heavy atom. The maximum atomic E-state index is 14.6. The molecule has 1 aliphatic heterocycles. The SMILES string of the molecule is COCc1cc(NCc2ccc(N3CCOCC3)c(F)c2)nc(C(C)(C)C)n1. The summed E-state index contributed by atoms with van der Waals surface area (Å²) >= 11 is 0. The molecular weight excluding hydrogens is 359 g/mol. The van der Waals surface area contributed by atoms with Gasteiger partial charge in [-0.05, 0) is 17.7 Å². The Labute approximate surface area is 166 Å². The average Bonchev–Trinajstić information content (AvgIpc) is 2.66. The highest BCUT2D eigenvalue weighted by Gasteiger charge is 2.19. The molecule has 0 amide bonds. The molecule has 1 saturated heterocycles. The van der Waals surface area contributed by atoms with Crippen molar-refractivity contribution in [3.63, 3.8) is 0 Å². The van der Waals surface area contributed by atoms with E-state index in [0.29, 0.717) is 51.0 Å². The Morgan fingerprint density at radius 2 is 1.93 bits per heavy atom. The number of aromatic nitrogens is 2. The van der Waals surface area contributed by atoms with Crippen LogP contribution in [0.15, 0.2) is 24.3 Å². The summed E-state index contributed by atoms with van der Waals surface area (Å²) in [5.41, 5.74) is 2.13. The Hall–Kier alpha value is -2.25. The maximum absolute atomic E-state index is 14.6. The normalized spacial score (nSPS) is 15.0. The molecular formula is C21H29FN4O2. The Balaban J connectivity index is 1.72. The number of methoxy groups -OCH3 is 1. The summed E-state index contributed by atoms with van der Waals surface area (Å²) in [7, 11) is 1.64. The van der Waals surface area contributed by atoms with Crippen LogP contribution in [0.4, 0.5) is 15.9 Å². The number of ether oxygens (including phenoxy) is 2. The zero-order valence-corrected chi connectivity index (χ0v) is 17.1. The van der Waals surface area contributed by atoms with Crippen LogP contribution in [0.1, 0.15) is 37.9 Å². The van der Waals surface area contributed by atoms with Crippen molar-refractivity contribution in [3.05, 3.63) is 47.2 Å². The summed E-state index contributed by atoms with van der Waals surface area (Å²) in [6.07, 6.45) is 0. The van der Waals surface area contributed by atoms with E-state index in [1.54, 1.807) is 13.2 Å². The van der Waals surface area contributed by atoms with E-state index in [0.717, 1.165) is 17.1 Å². The minimum absolute atomic E-state index is 0.175. The summed E-state index contributed by atoms with van der Waals surface area (Å²) in [5, 5.41) is 3.29. The molecule has 0 spiro atoms. The van der Waals surface area contributed by atoms with Crippen molar-refractivity contribution in [1.82, 2.24) is 9.97 Å². The average molecular weight is 388 g/mol. The predicted molar refractivity (Wildman–Crippen MR) is 108 cm³/mol. The number of rotatable bonds is 6. The molecule has 2 heterocycles. The van der Waals surface area contributed by atoms with Crippen LogP contribution in [0.3, 0.4) is 0 Å². The zero-order chi connectivity index (χ0) is 20.1. The van der Waals surface area contributed by atoms with Crippen molar-refractivity contribution in [2.45, 2.75) is 39.3 Å².